The Bertz CT molecular complexity index is 749. The van der Waals surface area contributed by atoms with E-state index in [1.54, 1.807) is 7.11 Å². The Labute approximate surface area is 156 Å². The third-order valence-corrected chi connectivity index (χ3v) is 6.33. The Morgan fingerprint density at radius 1 is 1.04 bits per heavy atom. The van der Waals surface area contributed by atoms with Crippen LogP contribution in [0.1, 0.15) is 47.9 Å². The Balaban J connectivity index is 1.58. The predicted octanol–water partition coefficient (Wildman–Crippen LogP) is 4.33. The van der Waals surface area contributed by atoms with Gasteiger partial charge in [-0.1, -0.05) is 30.3 Å². The smallest absolute Gasteiger partial charge is 0.124 e. The lowest BCUT2D eigenvalue weighted by Gasteiger charge is -2.44. The molecule has 0 aromatic heterocycles. The summed E-state index contributed by atoms with van der Waals surface area (Å²) in [6.07, 6.45) is 4.02. The fourth-order valence-electron chi connectivity index (χ4n) is 5.15. The molecule has 3 heteroatoms. The molecule has 2 saturated heterocycles. The summed E-state index contributed by atoms with van der Waals surface area (Å²) >= 11 is 0. The summed E-state index contributed by atoms with van der Waals surface area (Å²) in [4.78, 5) is 2.62. The minimum absolute atomic E-state index is 0.460. The van der Waals surface area contributed by atoms with Crippen molar-refractivity contribution < 1.29 is 9.84 Å². The van der Waals surface area contributed by atoms with Gasteiger partial charge in [-0.05, 0) is 73.9 Å². The first-order valence-electron chi connectivity index (χ1n) is 9.68. The zero-order valence-electron chi connectivity index (χ0n) is 16.0. The van der Waals surface area contributed by atoms with Crippen molar-refractivity contribution in [2.24, 2.45) is 0 Å². The van der Waals surface area contributed by atoms with Crippen LogP contribution in [0, 0.1) is 13.8 Å². The summed E-state index contributed by atoms with van der Waals surface area (Å²) in [6.45, 7) is 5.13. The fourth-order valence-corrected chi connectivity index (χ4v) is 5.15. The molecule has 2 aliphatic rings. The molecular weight excluding hydrogens is 322 g/mol. The van der Waals surface area contributed by atoms with Crippen LogP contribution in [0.25, 0.3) is 0 Å². The van der Waals surface area contributed by atoms with Crippen molar-refractivity contribution in [1.29, 1.82) is 0 Å². The highest BCUT2D eigenvalue weighted by Crippen LogP contribution is 2.47. The Morgan fingerprint density at radius 3 is 2.15 bits per heavy atom. The summed E-state index contributed by atoms with van der Waals surface area (Å²) in [6, 6.07) is 15.9. The third-order valence-electron chi connectivity index (χ3n) is 6.33. The molecule has 3 nitrogen and oxygen atoms in total. The predicted molar refractivity (Wildman–Crippen MR) is 104 cm³/mol. The van der Waals surface area contributed by atoms with Crippen LogP contribution in [0.4, 0.5) is 0 Å². The zero-order chi connectivity index (χ0) is 18.3. The molecule has 2 atom stereocenters. The van der Waals surface area contributed by atoms with Gasteiger partial charge in [0.15, 0.2) is 0 Å². The normalized spacial score (nSPS) is 28.3. The van der Waals surface area contributed by atoms with Crippen molar-refractivity contribution in [2.75, 3.05) is 7.11 Å². The quantitative estimate of drug-likeness (QED) is 0.890. The molecule has 2 heterocycles. The molecule has 2 aliphatic heterocycles. The van der Waals surface area contributed by atoms with E-state index in [1.165, 1.54) is 18.4 Å². The van der Waals surface area contributed by atoms with Crippen molar-refractivity contribution in [1.82, 2.24) is 4.90 Å². The molecule has 0 amide bonds. The van der Waals surface area contributed by atoms with E-state index in [4.69, 9.17) is 4.74 Å². The van der Waals surface area contributed by atoms with Gasteiger partial charge in [-0.3, -0.25) is 4.90 Å². The average molecular weight is 351 g/mol. The number of hydrogen-bond acceptors (Lipinski definition) is 3. The minimum atomic E-state index is -0.721. The van der Waals surface area contributed by atoms with Gasteiger partial charge in [0.1, 0.15) is 5.75 Å². The number of benzene rings is 2. The first kappa shape index (κ1) is 17.6. The fraction of sp³-hybridized carbons (Fsp3) is 0.478. The topological polar surface area (TPSA) is 32.7 Å². The second-order valence-electron chi connectivity index (χ2n) is 8.13. The summed E-state index contributed by atoms with van der Waals surface area (Å²) in [5.74, 6) is 0.932. The van der Waals surface area contributed by atoms with Gasteiger partial charge >= 0.3 is 0 Å². The SMILES string of the molecule is COc1c(C)cc(C2(O)CC3CCC(C2)N3Cc2ccccc2)cc1C. The Morgan fingerprint density at radius 2 is 1.62 bits per heavy atom. The molecule has 138 valence electrons. The lowest BCUT2D eigenvalue weighted by Crippen LogP contribution is -2.49. The van der Waals surface area contributed by atoms with Crippen molar-refractivity contribution in [3.8, 4) is 5.75 Å². The number of piperidine rings is 1. The molecule has 2 unspecified atom stereocenters. The maximum atomic E-state index is 11.6. The highest BCUT2D eigenvalue weighted by atomic mass is 16.5. The van der Waals surface area contributed by atoms with Gasteiger partial charge in [-0.25, -0.2) is 0 Å². The van der Waals surface area contributed by atoms with Crippen LogP contribution in [0.2, 0.25) is 0 Å². The summed E-state index contributed by atoms with van der Waals surface area (Å²) in [5, 5.41) is 11.6. The lowest BCUT2D eigenvalue weighted by molar-refractivity contribution is -0.0595. The highest BCUT2D eigenvalue weighted by molar-refractivity contribution is 5.45. The molecule has 0 radical (unpaired) electrons. The van der Waals surface area contributed by atoms with E-state index < -0.39 is 5.60 Å². The number of ether oxygens (including phenoxy) is 1. The molecule has 2 bridgehead atoms. The van der Waals surface area contributed by atoms with Crippen LogP contribution >= 0.6 is 0 Å². The monoisotopic (exact) mass is 351 g/mol. The van der Waals surface area contributed by atoms with Gasteiger partial charge in [0.2, 0.25) is 0 Å². The molecule has 26 heavy (non-hydrogen) atoms. The van der Waals surface area contributed by atoms with Crippen molar-refractivity contribution in [3.05, 3.63) is 64.7 Å². The van der Waals surface area contributed by atoms with Crippen LogP contribution in [-0.2, 0) is 12.1 Å². The maximum Gasteiger partial charge on any atom is 0.124 e. The van der Waals surface area contributed by atoms with E-state index in [2.05, 4.69) is 61.2 Å². The summed E-state index contributed by atoms with van der Waals surface area (Å²) in [5.41, 5.74) is 3.92. The lowest BCUT2D eigenvalue weighted by atomic mass is 9.79. The van der Waals surface area contributed by atoms with Crippen LogP contribution in [0.5, 0.6) is 5.75 Å². The molecule has 2 aromatic carbocycles. The number of aryl methyl sites for hydroxylation is 2. The van der Waals surface area contributed by atoms with Crippen LogP contribution in [0.15, 0.2) is 42.5 Å². The van der Waals surface area contributed by atoms with E-state index in [9.17, 15) is 5.11 Å². The van der Waals surface area contributed by atoms with Crippen LogP contribution < -0.4 is 4.74 Å². The molecule has 0 saturated carbocycles. The number of methoxy groups -OCH3 is 1. The number of fused-ring (bicyclic) bond motifs is 2. The first-order valence-corrected chi connectivity index (χ1v) is 9.68. The van der Waals surface area contributed by atoms with E-state index in [-0.39, 0.29) is 0 Å². The maximum absolute atomic E-state index is 11.6. The summed E-state index contributed by atoms with van der Waals surface area (Å²) < 4.78 is 5.50. The first-order chi connectivity index (χ1) is 12.5. The van der Waals surface area contributed by atoms with Gasteiger partial charge in [0.05, 0.1) is 12.7 Å². The Kier molecular flexibility index (Phi) is 4.54. The van der Waals surface area contributed by atoms with E-state index >= 15 is 0 Å². The molecule has 1 N–H and O–H groups in total. The Hall–Kier alpha value is -1.84. The minimum Gasteiger partial charge on any atom is -0.496 e. The number of hydrogen-bond donors (Lipinski definition) is 1. The number of nitrogens with zero attached hydrogens (tertiary/aromatic N) is 1. The van der Waals surface area contributed by atoms with Gasteiger partial charge in [0.25, 0.3) is 0 Å². The molecular formula is C23H29NO2. The average Bonchev–Trinajstić information content (AvgIpc) is 2.86. The van der Waals surface area contributed by atoms with Gasteiger partial charge in [-0.15, -0.1) is 0 Å². The van der Waals surface area contributed by atoms with Crippen molar-refractivity contribution >= 4 is 0 Å². The highest BCUT2D eigenvalue weighted by Gasteiger charge is 2.48. The van der Waals surface area contributed by atoms with Crippen molar-refractivity contribution in [2.45, 2.75) is 63.8 Å². The van der Waals surface area contributed by atoms with Crippen LogP contribution in [0.3, 0.4) is 0 Å². The molecule has 4 rings (SSSR count). The standard InChI is InChI=1S/C23H29NO2/c1-16-11-19(12-17(2)22(16)26-3)23(25)13-20-9-10-21(14-23)24(20)15-18-7-5-4-6-8-18/h4-8,11-12,20-21,25H,9-10,13-15H2,1-3H3. The van der Waals surface area contributed by atoms with E-state index in [0.717, 1.165) is 41.8 Å². The summed E-state index contributed by atoms with van der Waals surface area (Å²) in [7, 11) is 1.71. The molecule has 2 fully saturated rings. The van der Waals surface area contributed by atoms with Crippen molar-refractivity contribution in [3.63, 3.8) is 0 Å². The third kappa shape index (κ3) is 3.04. The second-order valence-corrected chi connectivity index (χ2v) is 8.13. The molecule has 0 spiro atoms. The number of aliphatic hydroxyl groups is 1. The molecule has 2 aromatic rings. The molecule has 0 aliphatic carbocycles. The number of rotatable bonds is 4. The van der Waals surface area contributed by atoms with Gasteiger partial charge in [0, 0.05) is 18.6 Å². The second kappa shape index (κ2) is 6.71. The van der Waals surface area contributed by atoms with Gasteiger partial charge in [-0.2, -0.15) is 0 Å². The van der Waals surface area contributed by atoms with E-state index in [0.29, 0.717) is 12.1 Å². The van der Waals surface area contributed by atoms with Crippen LogP contribution in [-0.4, -0.2) is 29.2 Å². The zero-order valence-corrected chi connectivity index (χ0v) is 16.0. The van der Waals surface area contributed by atoms with Gasteiger partial charge < -0.3 is 9.84 Å². The largest absolute Gasteiger partial charge is 0.496 e. The van der Waals surface area contributed by atoms with E-state index in [1.807, 2.05) is 0 Å².